The van der Waals surface area contributed by atoms with Crippen LogP contribution >= 0.6 is 43.5 Å². The molecule has 0 saturated carbocycles. The minimum Gasteiger partial charge on any atom is -0.504 e. The van der Waals surface area contributed by atoms with E-state index in [1.165, 1.54) is 13.3 Å². The average molecular weight is 507 g/mol. The van der Waals surface area contributed by atoms with Crippen molar-refractivity contribution >= 4 is 55.6 Å². The monoisotopic (exact) mass is 504 g/mol. The molecule has 0 unspecified atom stereocenters. The van der Waals surface area contributed by atoms with Crippen molar-refractivity contribution in [2.75, 3.05) is 13.7 Å². The first-order chi connectivity index (χ1) is 12.3. The van der Waals surface area contributed by atoms with Crippen LogP contribution in [0.4, 0.5) is 0 Å². The molecule has 0 saturated heterocycles. The molecule has 0 aromatic heterocycles. The molecule has 9 heteroatoms. The van der Waals surface area contributed by atoms with Gasteiger partial charge in [0, 0.05) is 14.0 Å². The van der Waals surface area contributed by atoms with E-state index >= 15 is 0 Å². The van der Waals surface area contributed by atoms with Crippen LogP contribution in [0.3, 0.4) is 0 Å². The third kappa shape index (κ3) is 5.12. The van der Waals surface area contributed by atoms with E-state index in [4.69, 9.17) is 21.1 Å². The van der Waals surface area contributed by atoms with Crippen LogP contribution in [-0.2, 0) is 4.79 Å². The molecule has 0 heterocycles. The van der Waals surface area contributed by atoms with Gasteiger partial charge in [-0.05, 0) is 68.6 Å². The number of hydrogen-bond donors (Lipinski definition) is 2. The Kier molecular flexibility index (Phi) is 7.31. The van der Waals surface area contributed by atoms with Crippen LogP contribution in [0.2, 0.25) is 5.02 Å². The van der Waals surface area contributed by atoms with Crippen molar-refractivity contribution < 1.29 is 19.4 Å². The molecule has 0 aliphatic rings. The summed E-state index contributed by atoms with van der Waals surface area (Å²) in [5, 5.41) is 14.6. The maximum atomic E-state index is 11.9. The number of methoxy groups -OCH3 is 1. The lowest BCUT2D eigenvalue weighted by Gasteiger charge is -2.10. The maximum Gasteiger partial charge on any atom is 0.277 e. The van der Waals surface area contributed by atoms with Crippen LogP contribution in [0, 0.1) is 6.92 Å². The topological polar surface area (TPSA) is 80.2 Å². The number of nitrogens with one attached hydrogen (secondary N) is 1. The highest BCUT2D eigenvalue weighted by Crippen LogP contribution is 2.39. The predicted octanol–water partition coefficient (Wildman–Crippen LogP) is 4.42. The van der Waals surface area contributed by atoms with Crippen LogP contribution < -0.4 is 14.9 Å². The molecule has 0 aliphatic heterocycles. The normalized spacial score (nSPS) is 10.8. The number of benzene rings is 2. The van der Waals surface area contributed by atoms with Gasteiger partial charge in [-0.1, -0.05) is 11.6 Å². The molecule has 0 fully saturated rings. The summed E-state index contributed by atoms with van der Waals surface area (Å²) in [5.74, 6) is 0.279. The molecule has 0 aliphatic carbocycles. The van der Waals surface area contributed by atoms with Gasteiger partial charge in [0.05, 0.1) is 18.9 Å². The summed E-state index contributed by atoms with van der Waals surface area (Å²) in [4.78, 5) is 11.9. The van der Waals surface area contributed by atoms with E-state index in [2.05, 4.69) is 42.4 Å². The number of aromatic hydroxyl groups is 1. The van der Waals surface area contributed by atoms with E-state index in [1.54, 1.807) is 24.3 Å². The van der Waals surface area contributed by atoms with Crippen molar-refractivity contribution in [2.45, 2.75) is 6.92 Å². The molecule has 0 atom stereocenters. The number of aryl methyl sites for hydroxylation is 1. The SMILES string of the molecule is COc1cc(Br)c(Br)c(/C=N\NC(=O)COc2ccc(Cl)cc2C)c1O. The van der Waals surface area contributed by atoms with Gasteiger partial charge in [0.2, 0.25) is 0 Å². The van der Waals surface area contributed by atoms with Gasteiger partial charge in [-0.25, -0.2) is 5.43 Å². The number of nitrogens with zero attached hydrogens (tertiary/aromatic N) is 1. The van der Waals surface area contributed by atoms with E-state index in [1.807, 2.05) is 6.92 Å². The molecule has 2 aromatic carbocycles. The zero-order chi connectivity index (χ0) is 19.3. The lowest BCUT2D eigenvalue weighted by Crippen LogP contribution is -2.24. The summed E-state index contributed by atoms with van der Waals surface area (Å²) >= 11 is 12.5. The van der Waals surface area contributed by atoms with Crippen molar-refractivity contribution in [1.29, 1.82) is 0 Å². The molecular weight excluding hydrogens is 491 g/mol. The fraction of sp³-hybridized carbons (Fsp3) is 0.176. The predicted molar refractivity (Wildman–Crippen MR) is 107 cm³/mol. The Labute approximate surface area is 172 Å². The zero-order valence-electron chi connectivity index (χ0n) is 13.8. The second kappa shape index (κ2) is 9.25. The number of phenols is 1. The van der Waals surface area contributed by atoms with Crippen molar-refractivity contribution in [3.8, 4) is 17.2 Å². The summed E-state index contributed by atoms with van der Waals surface area (Å²) in [6.45, 7) is 1.62. The standard InChI is InChI=1S/C17H15Br2ClN2O4/c1-9-5-10(20)3-4-13(9)26-8-15(23)22-21-7-11-16(19)12(18)6-14(25-2)17(11)24/h3-7,24H,8H2,1-2H3,(H,22,23)/b21-7-. The number of ether oxygens (including phenoxy) is 2. The highest BCUT2D eigenvalue weighted by atomic mass is 79.9. The van der Waals surface area contributed by atoms with Crippen LogP contribution in [0.15, 0.2) is 38.3 Å². The van der Waals surface area contributed by atoms with Crippen LogP contribution in [0.5, 0.6) is 17.2 Å². The highest BCUT2D eigenvalue weighted by Gasteiger charge is 2.14. The molecule has 26 heavy (non-hydrogen) atoms. The number of phenolic OH excluding ortho intramolecular Hbond substituents is 1. The summed E-state index contributed by atoms with van der Waals surface area (Å²) in [6.07, 6.45) is 1.30. The number of amides is 1. The number of carbonyl (C=O) groups is 1. The minimum absolute atomic E-state index is 0.103. The summed E-state index contributed by atoms with van der Waals surface area (Å²) < 4.78 is 11.7. The van der Waals surface area contributed by atoms with Gasteiger partial charge in [0.15, 0.2) is 18.1 Å². The Morgan fingerprint density at radius 2 is 2.08 bits per heavy atom. The number of carbonyl (C=O) groups excluding carboxylic acids is 1. The van der Waals surface area contributed by atoms with Gasteiger partial charge >= 0.3 is 0 Å². The molecular formula is C17H15Br2ClN2O4. The Morgan fingerprint density at radius 1 is 1.35 bits per heavy atom. The van der Waals surface area contributed by atoms with Crippen LogP contribution in [0.25, 0.3) is 0 Å². The van der Waals surface area contributed by atoms with E-state index in [0.29, 0.717) is 25.3 Å². The first kappa shape index (κ1) is 20.5. The van der Waals surface area contributed by atoms with Crippen LogP contribution in [-0.4, -0.2) is 30.9 Å². The quantitative estimate of drug-likeness (QED) is 0.449. The highest BCUT2D eigenvalue weighted by molar-refractivity contribution is 9.13. The van der Waals surface area contributed by atoms with Gasteiger partial charge in [-0.2, -0.15) is 5.10 Å². The summed E-state index contributed by atoms with van der Waals surface area (Å²) in [5.41, 5.74) is 3.51. The van der Waals surface area contributed by atoms with Gasteiger partial charge in [0.25, 0.3) is 5.91 Å². The number of hydrazone groups is 1. The molecule has 2 aromatic rings. The molecule has 2 rings (SSSR count). The zero-order valence-corrected chi connectivity index (χ0v) is 17.8. The fourth-order valence-electron chi connectivity index (χ4n) is 2.00. The fourth-order valence-corrected chi connectivity index (χ4v) is 3.06. The third-order valence-corrected chi connectivity index (χ3v) is 5.54. The molecule has 0 bridgehead atoms. The lowest BCUT2D eigenvalue weighted by atomic mass is 10.2. The molecule has 2 N–H and O–H groups in total. The smallest absolute Gasteiger partial charge is 0.277 e. The second-order valence-corrected chi connectivity index (χ2v) is 7.21. The Morgan fingerprint density at radius 3 is 2.73 bits per heavy atom. The minimum atomic E-state index is -0.451. The number of hydrogen-bond acceptors (Lipinski definition) is 5. The summed E-state index contributed by atoms with van der Waals surface area (Å²) in [6, 6.07) is 6.73. The maximum absolute atomic E-state index is 11.9. The molecule has 6 nitrogen and oxygen atoms in total. The van der Waals surface area contributed by atoms with Gasteiger partial charge in [-0.3, -0.25) is 4.79 Å². The van der Waals surface area contributed by atoms with Crippen molar-refractivity contribution in [1.82, 2.24) is 5.43 Å². The van der Waals surface area contributed by atoms with Gasteiger partial charge < -0.3 is 14.6 Å². The third-order valence-electron chi connectivity index (χ3n) is 3.29. The van der Waals surface area contributed by atoms with Crippen LogP contribution in [0.1, 0.15) is 11.1 Å². The van der Waals surface area contributed by atoms with Gasteiger partial charge in [-0.15, -0.1) is 0 Å². The van der Waals surface area contributed by atoms with E-state index in [-0.39, 0.29) is 18.1 Å². The van der Waals surface area contributed by atoms with E-state index < -0.39 is 5.91 Å². The summed E-state index contributed by atoms with van der Waals surface area (Å²) in [7, 11) is 1.44. The van der Waals surface area contributed by atoms with Crippen molar-refractivity contribution in [2.24, 2.45) is 5.10 Å². The average Bonchev–Trinajstić information content (AvgIpc) is 2.60. The Hall–Kier alpha value is -1.77. The van der Waals surface area contributed by atoms with Crippen molar-refractivity contribution in [3.63, 3.8) is 0 Å². The first-order valence-electron chi connectivity index (χ1n) is 7.29. The molecule has 0 radical (unpaired) electrons. The Bertz CT molecular complexity index is 859. The number of rotatable bonds is 6. The van der Waals surface area contributed by atoms with E-state index in [0.717, 1.165) is 5.56 Å². The Balaban J connectivity index is 2.00. The molecule has 1 amide bonds. The molecule has 0 spiro atoms. The largest absolute Gasteiger partial charge is 0.504 e. The second-order valence-electron chi connectivity index (χ2n) is 5.13. The first-order valence-corrected chi connectivity index (χ1v) is 9.25. The van der Waals surface area contributed by atoms with E-state index in [9.17, 15) is 9.90 Å². The van der Waals surface area contributed by atoms with Crippen molar-refractivity contribution in [3.05, 3.63) is 49.4 Å². The number of halogens is 3. The lowest BCUT2D eigenvalue weighted by molar-refractivity contribution is -0.123. The molecule has 138 valence electrons. The van der Waals surface area contributed by atoms with Gasteiger partial charge in [0.1, 0.15) is 5.75 Å².